The molecule has 0 fully saturated rings. The van der Waals surface area contributed by atoms with Gasteiger partial charge in [-0.05, 0) is 44.9 Å². The molecule has 0 heterocycles. The largest absolute Gasteiger partial charge is 0.472 e. The van der Waals surface area contributed by atoms with Gasteiger partial charge in [-0.3, -0.25) is 18.6 Å². The summed E-state index contributed by atoms with van der Waals surface area (Å²) >= 11 is 0. The van der Waals surface area contributed by atoms with Gasteiger partial charge in [0.15, 0.2) is 6.10 Å². The minimum Gasteiger partial charge on any atom is -0.462 e. The fraction of sp³-hybridized carbons (Fsp3) is 0.880. The molecule has 0 aliphatic carbocycles. The van der Waals surface area contributed by atoms with Gasteiger partial charge in [0.1, 0.15) is 19.8 Å². The van der Waals surface area contributed by atoms with Crippen LogP contribution in [0.2, 0.25) is 0 Å². The first kappa shape index (κ1) is 58.5. The van der Waals surface area contributed by atoms with Crippen LogP contribution < -0.4 is 0 Å². The number of rotatable bonds is 46. The van der Waals surface area contributed by atoms with E-state index in [1.807, 2.05) is 21.1 Å². The van der Waals surface area contributed by atoms with Gasteiger partial charge in [0, 0.05) is 12.8 Å². The molecule has 10 heteroatoms. The van der Waals surface area contributed by atoms with Crippen molar-refractivity contribution in [1.82, 2.24) is 0 Å². The molecule has 60 heavy (non-hydrogen) atoms. The van der Waals surface area contributed by atoms with E-state index >= 15 is 0 Å². The highest BCUT2D eigenvalue weighted by molar-refractivity contribution is 7.47. The van der Waals surface area contributed by atoms with Crippen LogP contribution in [0.3, 0.4) is 0 Å². The van der Waals surface area contributed by atoms with Crippen molar-refractivity contribution in [2.45, 2.75) is 238 Å². The maximum Gasteiger partial charge on any atom is 0.472 e. The lowest BCUT2D eigenvalue weighted by molar-refractivity contribution is -0.870. The highest BCUT2D eigenvalue weighted by Gasteiger charge is 2.27. The summed E-state index contributed by atoms with van der Waals surface area (Å²) in [4.78, 5) is 35.5. The minimum atomic E-state index is -4.38. The van der Waals surface area contributed by atoms with Crippen molar-refractivity contribution in [2.24, 2.45) is 0 Å². The van der Waals surface area contributed by atoms with E-state index in [0.717, 1.165) is 44.9 Å². The molecule has 0 spiro atoms. The lowest BCUT2D eigenvalue weighted by atomic mass is 10.0. The monoisotopic (exact) mass is 871 g/mol. The number of ether oxygens (including phenoxy) is 2. The van der Waals surface area contributed by atoms with E-state index < -0.39 is 26.5 Å². The molecule has 9 nitrogen and oxygen atoms in total. The highest BCUT2D eigenvalue weighted by Crippen LogP contribution is 2.43. The molecule has 0 saturated carbocycles. The van der Waals surface area contributed by atoms with Crippen molar-refractivity contribution >= 4 is 19.8 Å². The highest BCUT2D eigenvalue weighted by atomic mass is 31.2. The number of unbranched alkanes of at least 4 members (excludes halogenated alkanes) is 28. The van der Waals surface area contributed by atoms with Crippen LogP contribution in [-0.4, -0.2) is 74.9 Å². The van der Waals surface area contributed by atoms with Gasteiger partial charge in [0.25, 0.3) is 0 Å². The van der Waals surface area contributed by atoms with Gasteiger partial charge in [0.2, 0.25) is 0 Å². The molecule has 0 amide bonds. The molecule has 0 aliphatic heterocycles. The van der Waals surface area contributed by atoms with Gasteiger partial charge in [-0.1, -0.05) is 199 Å². The van der Waals surface area contributed by atoms with E-state index in [-0.39, 0.29) is 32.0 Å². The second-order valence-electron chi connectivity index (χ2n) is 18.2. The van der Waals surface area contributed by atoms with E-state index in [1.165, 1.54) is 154 Å². The van der Waals surface area contributed by atoms with Gasteiger partial charge >= 0.3 is 19.8 Å². The van der Waals surface area contributed by atoms with Gasteiger partial charge < -0.3 is 18.9 Å². The summed E-state index contributed by atoms with van der Waals surface area (Å²) in [6.45, 7) is 4.41. The number of esters is 2. The number of carbonyl (C=O) groups excluding carboxylic acids is 2. The number of phosphoric acid groups is 1. The van der Waals surface area contributed by atoms with Crippen molar-refractivity contribution in [3.05, 3.63) is 24.3 Å². The number of phosphoric ester groups is 1. The zero-order chi connectivity index (χ0) is 44.3. The lowest BCUT2D eigenvalue weighted by Crippen LogP contribution is -2.37. The van der Waals surface area contributed by atoms with Crippen molar-refractivity contribution < 1.29 is 42.1 Å². The summed E-state index contributed by atoms with van der Waals surface area (Å²) in [7, 11) is 1.47. The van der Waals surface area contributed by atoms with Crippen LogP contribution in [0.4, 0.5) is 0 Å². The van der Waals surface area contributed by atoms with Crippen LogP contribution >= 0.6 is 7.82 Å². The fourth-order valence-corrected chi connectivity index (χ4v) is 7.79. The summed E-state index contributed by atoms with van der Waals surface area (Å²) in [5.41, 5.74) is 0. The molecule has 0 rings (SSSR count). The fourth-order valence-electron chi connectivity index (χ4n) is 7.05. The van der Waals surface area contributed by atoms with Crippen LogP contribution in [0.5, 0.6) is 0 Å². The van der Waals surface area contributed by atoms with Crippen LogP contribution in [0.15, 0.2) is 24.3 Å². The Hall–Kier alpha value is -1.51. The summed E-state index contributed by atoms with van der Waals surface area (Å²) in [6, 6.07) is 0. The van der Waals surface area contributed by atoms with Gasteiger partial charge in [-0.25, -0.2) is 4.57 Å². The predicted molar refractivity (Wildman–Crippen MR) is 252 cm³/mol. The molecule has 0 aromatic rings. The number of hydrogen-bond donors (Lipinski definition) is 1. The van der Waals surface area contributed by atoms with Crippen LogP contribution in [0.1, 0.15) is 232 Å². The van der Waals surface area contributed by atoms with Crippen molar-refractivity contribution in [3.63, 3.8) is 0 Å². The Morgan fingerprint density at radius 3 is 1.35 bits per heavy atom. The zero-order valence-corrected chi connectivity index (χ0v) is 40.9. The summed E-state index contributed by atoms with van der Waals surface area (Å²) in [5.74, 6) is -0.825. The molecule has 0 bridgehead atoms. The van der Waals surface area contributed by atoms with E-state index in [0.29, 0.717) is 17.4 Å². The van der Waals surface area contributed by atoms with Crippen LogP contribution in [0.25, 0.3) is 0 Å². The average Bonchev–Trinajstić information content (AvgIpc) is 3.20. The standard InChI is InChI=1S/C50H96NO8P/c1-6-8-10-12-14-16-18-20-22-23-24-25-26-27-29-30-32-34-36-38-40-42-49(52)56-46-48(47-58-60(54,55)57-45-44-51(3,4)5)59-50(53)43-41-39-37-35-33-31-28-21-19-17-15-13-11-9-7-2/h21,28,33,35,48H,6-20,22-27,29-32,34,36-47H2,1-5H3/p+1/b28-21+,35-33+/t48-/m0/s1. The van der Waals surface area contributed by atoms with E-state index in [1.54, 1.807) is 0 Å². The first-order valence-electron chi connectivity index (χ1n) is 25.1. The molecule has 2 atom stereocenters. The number of carbonyl (C=O) groups is 2. The Kier molecular flexibility index (Phi) is 41.7. The Balaban J connectivity index is 4.25. The number of hydrogen-bond acceptors (Lipinski definition) is 7. The zero-order valence-electron chi connectivity index (χ0n) is 40.0. The Bertz CT molecular complexity index is 1070. The second kappa shape index (κ2) is 42.8. The molecule has 0 aromatic heterocycles. The van der Waals surface area contributed by atoms with Gasteiger partial charge in [-0.15, -0.1) is 0 Å². The second-order valence-corrected chi connectivity index (χ2v) is 19.7. The number of quaternary nitrogens is 1. The SMILES string of the molecule is CCCCCCCC/C=C/C/C=C/CCCCC(=O)O[C@@H](COC(=O)CCCCCCCCCCCCCCCCCCCCCCC)COP(=O)(O)OCC[N+](C)(C)C. The predicted octanol–water partition coefficient (Wildman–Crippen LogP) is 14.7. The topological polar surface area (TPSA) is 108 Å². The van der Waals surface area contributed by atoms with Gasteiger partial charge in [-0.2, -0.15) is 0 Å². The molecule has 354 valence electrons. The van der Waals surface area contributed by atoms with Crippen LogP contribution in [0, 0.1) is 0 Å². The Morgan fingerprint density at radius 1 is 0.517 bits per heavy atom. The normalized spacial score (nSPS) is 13.6. The lowest BCUT2D eigenvalue weighted by Gasteiger charge is -2.24. The van der Waals surface area contributed by atoms with Crippen molar-refractivity contribution in [2.75, 3.05) is 47.5 Å². The third-order valence-corrected chi connectivity index (χ3v) is 12.0. The molecule has 0 saturated heterocycles. The number of allylic oxidation sites excluding steroid dienone is 4. The maximum absolute atomic E-state index is 12.7. The van der Waals surface area contributed by atoms with Gasteiger partial charge in [0.05, 0.1) is 27.7 Å². The van der Waals surface area contributed by atoms with E-state index in [9.17, 15) is 19.0 Å². The maximum atomic E-state index is 12.7. The molecular formula is C50H97NO8P+. The smallest absolute Gasteiger partial charge is 0.462 e. The average molecular weight is 871 g/mol. The Morgan fingerprint density at radius 2 is 0.900 bits per heavy atom. The van der Waals surface area contributed by atoms with Crippen LogP contribution in [-0.2, 0) is 32.7 Å². The summed E-state index contributed by atoms with van der Waals surface area (Å²) in [5, 5.41) is 0. The third-order valence-electron chi connectivity index (χ3n) is 11.0. The summed E-state index contributed by atoms with van der Waals surface area (Å²) < 4.78 is 34.4. The number of nitrogens with zero attached hydrogens (tertiary/aromatic N) is 1. The van der Waals surface area contributed by atoms with Crippen molar-refractivity contribution in [1.29, 1.82) is 0 Å². The quantitative estimate of drug-likeness (QED) is 0.0212. The molecular weight excluding hydrogens is 774 g/mol. The molecule has 1 unspecified atom stereocenters. The molecule has 0 radical (unpaired) electrons. The molecule has 1 N–H and O–H groups in total. The third kappa shape index (κ3) is 46.0. The van der Waals surface area contributed by atoms with E-state index in [2.05, 4.69) is 38.2 Å². The number of likely N-dealkylation sites (N-methyl/N-ethyl adjacent to an activating group) is 1. The Labute approximate surface area is 370 Å². The first-order chi connectivity index (χ1) is 29.0. The molecule has 0 aromatic carbocycles. The first-order valence-corrected chi connectivity index (χ1v) is 26.6. The van der Waals surface area contributed by atoms with E-state index in [4.69, 9.17) is 18.5 Å². The molecule has 0 aliphatic rings. The summed E-state index contributed by atoms with van der Waals surface area (Å²) in [6.07, 6.45) is 48.1. The van der Waals surface area contributed by atoms with Crippen molar-refractivity contribution in [3.8, 4) is 0 Å². The minimum absolute atomic E-state index is 0.0279.